The number of halogens is 2. The standard InChI is InChI=1S/C26H27ClFN5O3/c1-14-6-7-22(26(4,5)35)32-24(14)18-9-20(15(2)10-30-18)33-16(3)8-21(23(27)25(33)34)36-12-19-17(28)11-29-13-31-19/h6-9,11,13,15,35H,10,12H2,1-5H3/t15-/m1/s1. The number of aliphatic imine (C=N–C) groups is 1. The predicted molar refractivity (Wildman–Crippen MR) is 136 cm³/mol. The minimum Gasteiger partial charge on any atom is -0.485 e. The van der Waals surface area contributed by atoms with E-state index in [9.17, 15) is 14.3 Å². The molecule has 3 aromatic heterocycles. The van der Waals surface area contributed by atoms with Gasteiger partial charge >= 0.3 is 0 Å². The molecule has 188 valence electrons. The molecule has 0 radical (unpaired) electrons. The Morgan fingerprint density at radius 3 is 2.75 bits per heavy atom. The Morgan fingerprint density at radius 1 is 1.31 bits per heavy atom. The molecule has 0 saturated carbocycles. The summed E-state index contributed by atoms with van der Waals surface area (Å²) < 4.78 is 21.0. The molecule has 0 aliphatic carbocycles. The number of hydrogen-bond acceptors (Lipinski definition) is 7. The zero-order chi connectivity index (χ0) is 26.2. The molecule has 4 rings (SSSR count). The maximum atomic E-state index is 13.9. The average molecular weight is 512 g/mol. The lowest BCUT2D eigenvalue weighted by molar-refractivity contribution is 0.0738. The number of pyridine rings is 2. The minimum absolute atomic E-state index is 0.0588. The first-order valence-electron chi connectivity index (χ1n) is 11.4. The highest BCUT2D eigenvalue weighted by Crippen LogP contribution is 2.29. The van der Waals surface area contributed by atoms with Crippen LogP contribution in [0.1, 0.15) is 49.1 Å². The van der Waals surface area contributed by atoms with Crippen LogP contribution in [0.2, 0.25) is 5.02 Å². The highest BCUT2D eigenvalue weighted by Gasteiger charge is 2.25. The van der Waals surface area contributed by atoms with Crippen LogP contribution >= 0.6 is 11.6 Å². The number of allylic oxidation sites excluding steroid dienone is 1. The van der Waals surface area contributed by atoms with Crippen molar-refractivity contribution in [2.75, 3.05) is 6.54 Å². The van der Waals surface area contributed by atoms with Crippen LogP contribution in [-0.2, 0) is 12.2 Å². The molecule has 1 atom stereocenters. The largest absolute Gasteiger partial charge is 0.485 e. The fraction of sp³-hybridized carbons (Fsp3) is 0.346. The molecule has 0 aromatic carbocycles. The molecular weight excluding hydrogens is 485 g/mol. The van der Waals surface area contributed by atoms with E-state index in [1.165, 1.54) is 10.9 Å². The summed E-state index contributed by atoms with van der Waals surface area (Å²) in [5.41, 5.74) is 2.49. The maximum absolute atomic E-state index is 13.9. The summed E-state index contributed by atoms with van der Waals surface area (Å²) in [5, 5.41) is 10.3. The van der Waals surface area contributed by atoms with Gasteiger partial charge in [-0.2, -0.15) is 0 Å². The smallest absolute Gasteiger partial charge is 0.277 e. The molecule has 8 nitrogen and oxygen atoms in total. The zero-order valence-corrected chi connectivity index (χ0v) is 21.5. The van der Waals surface area contributed by atoms with Crippen LogP contribution in [0.4, 0.5) is 4.39 Å². The third-order valence-corrected chi connectivity index (χ3v) is 6.31. The van der Waals surface area contributed by atoms with Gasteiger partial charge in [0.2, 0.25) is 0 Å². The van der Waals surface area contributed by atoms with Crippen molar-refractivity contribution in [2.45, 2.75) is 46.8 Å². The van der Waals surface area contributed by atoms with E-state index in [0.717, 1.165) is 11.8 Å². The molecule has 1 N–H and O–H groups in total. The Hall–Kier alpha value is -3.43. The first-order chi connectivity index (χ1) is 17.0. The molecule has 1 aliphatic rings. The van der Waals surface area contributed by atoms with Crippen LogP contribution in [0.15, 0.2) is 46.6 Å². The average Bonchev–Trinajstić information content (AvgIpc) is 2.82. The van der Waals surface area contributed by atoms with Gasteiger partial charge in [0.05, 0.1) is 23.3 Å². The Labute approximate surface area is 213 Å². The summed E-state index contributed by atoms with van der Waals surface area (Å²) in [7, 11) is 0. The number of aromatic nitrogens is 4. The summed E-state index contributed by atoms with van der Waals surface area (Å²) in [6.07, 6.45) is 4.09. The van der Waals surface area contributed by atoms with Crippen LogP contribution in [0.3, 0.4) is 0 Å². The number of aryl methyl sites for hydroxylation is 2. The van der Waals surface area contributed by atoms with E-state index in [0.29, 0.717) is 35.0 Å². The molecular formula is C26H27ClFN5O3. The highest BCUT2D eigenvalue weighted by atomic mass is 35.5. The van der Waals surface area contributed by atoms with E-state index in [2.05, 4.69) is 19.9 Å². The second kappa shape index (κ2) is 9.91. The lowest BCUT2D eigenvalue weighted by Gasteiger charge is -2.25. The summed E-state index contributed by atoms with van der Waals surface area (Å²) in [4.78, 5) is 30.2. The SMILES string of the molecule is Cc1ccc(C(C)(C)O)nc1C1=NC[C@@H](C)C(n2c(C)cc(OCc3ncncc3F)c(Cl)c2=O)=C1. The van der Waals surface area contributed by atoms with Crippen molar-refractivity contribution in [3.05, 3.63) is 86.3 Å². The molecule has 1 aliphatic heterocycles. The van der Waals surface area contributed by atoms with E-state index in [-0.39, 0.29) is 29.0 Å². The Morgan fingerprint density at radius 2 is 2.06 bits per heavy atom. The van der Waals surface area contributed by atoms with Gasteiger partial charge in [-0.05, 0) is 45.4 Å². The molecule has 36 heavy (non-hydrogen) atoms. The number of aliphatic hydroxyl groups is 1. The van der Waals surface area contributed by atoms with E-state index in [4.69, 9.17) is 16.3 Å². The lowest BCUT2D eigenvalue weighted by Crippen LogP contribution is -2.29. The maximum Gasteiger partial charge on any atom is 0.277 e. The minimum atomic E-state index is -1.11. The van der Waals surface area contributed by atoms with Crippen LogP contribution in [-0.4, -0.2) is 36.9 Å². The van der Waals surface area contributed by atoms with E-state index in [1.807, 2.05) is 26.0 Å². The summed E-state index contributed by atoms with van der Waals surface area (Å²) >= 11 is 6.41. The van der Waals surface area contributed by atoms with Crippen molar-refractivity contribution in [3.63, 3.8) is 0 Å². The second-order valence-corrected chi connectivity index (χ2v) is 9.71. The molecule has 4 heterocycles. The molecule has 0 saturated heterocycles. The summed E-state index contributed by atoms with van der Waals surface area (Å²) in [6, 6.07) is 5.32. The topological polar surface area (TPSA) is 102 Å². The Kier molecular flexibility index (Phi) is 7.06. The fourth-order valence-electron chi connectivity index (χ4n) is 3.91. The predicted octanol–water partition coefficient (Wildman–Crippen LogP) is 4.23. The van der Waals surface area contributed by atoms with Gasteiger partial charge in [0.25, 0.3) is 5.56 Å². The van der Waals surface area contributed by atoms with E-state index in [1.54, 1.807) is 32.9 Å². The molecule has 0 fully saturated rings. The van der Waals surface area contributed by atoms with Crippen molar-refractivity contribution in [2.24, 2.45) is 10.9 Å². The van der Waals surface area contributed by atoms with Gasteiger partial charge < -0.3 is 9.84 Å². The quantitative estimate of drug-likeness (QED) is 0.531. The van der Waals surface area contributed by atoms with Crippen LogP contribution in [0.25, 0.3) is 5.70 Å². The number of dihydropyridines is 1. The Balaban J connectivity index is 1.72. The zero-order valence-electron chi connectivity index (χ0n) is 20.7. The monoisotopic (exact) mass is 511 g/mol. The van der Waals surface area contributed by atoms with Crippen LogP contribution in [0, 0.1) is 25.6 Å². The molecule has 0 unspecified atom stereocenters. The van der Waals surface area contributed by atoms with Gasteiger partial charge in [-0.25, -0.2) is 19.3 Å². The van der Waals surface area contributed by atoms with Gasteiger partial charge in [-0.3, -0.25) is 14.4 Å². The van der Waals surface area contributed by atoms with Gasteiger partial charge in [0.15, 0.2) is 5.82 Å². The summed E-state index contributed by atoms with van der Waals surface area (Å²) in [6.45, 7) is 9.27. The Bertz CT molecular complexity index is 1440. The number of ether oxygens (including phenoxy) is 1. The number of hydrogen-bond donors (Lipinski definition) is 1. The van der Waals surface area contributed by atoms with E-state index >= 15 is 0 Å². The van der Waals surface area contributed by atoms with E-state index < -0.39 is 17.0 Å². The summed E-state index contributed by atoms with van der Waals surface area (Å²) in [5.74, 6) is -0.535. The van der Waals surface area contributed by atoms with Gasteiger partial charge in [0.1, 0.15) is 35.0 Å². The first-order valence-corrected chi connectivity index (χ1v) is 11.8. The molecule has 3 aromatic rings. The van der Waals surface area contributed by atoms with Gasteiger partial charge in [0, 0.05) is 29.9 Å². The molecule has 0 bridgehead atoms. The lowest BCUT2D eigenvalue weighted by atomic mass is 9.98. The van der Waals surface area contributed by atoms with Gasteiger partial charge in [-0.15, -0.1) is 0 Å². The van der Waals surface area contributed by atoms with Gasteiger partial charge in [-0.1, -0.05) is 24.6 Å². The first kappa shape index (κ1) is 25.7. The number of rotatable bonds is 6. The third kappa shape index (κ3) is 5.08. The number of nitrogens with zero attached hydrogens (tertiary/aromatic N) is 5. The molecule has 0 spiro atoms. The van der Waals surface area contributed by atoms with Crippen molar-refractivity contribution < 1.29 is 14.2 Å². The molecule has 0 amide bonds. The van der Waals surface area contributed by atoms with Crippen molar-refractivity contribution in [1.29, 1.82) is 0 Å². The normalized spacial score (nSPS) is 15.9. The highest BCUT2D eigenvalue weighted by molar-refractivity contribution is 6.31. The van der Waals surface area contributed by atoms with Crippen molar-refractivity contribution >= 4 is 23.0 Å². The molecule has 10 heteroatoms. The van der Waals surface area contributed by atoms with Crippen molar-refractivity contribution in [1.82, 2.24) is 19.5 Å². The third-order valence-electron chi connectivity index (χ3n) is 5.96. The fourth-order valence-corrected chi connectivity index (χ4v) is 4.10. The second-order valence-electron chi connectivity index (χ2n) is 9.33. The van der Waals surface area contributed by atoms with Crippen molar-refractivity contribution in [3.8, 4) is 5.75 Å². The van der Waals surface area contributed by atoms with Crippen LogP contribution in [0.5, 0.6) is 5.75 Å². The van der Waals surface area contributed by atoms with Crippen LogP contribution < -0.4 is 10.3 Å².